The van der Waals surface area contributed by atoms with Crippen molar-refractivity contribution in [3.8, 4) is 0 Å². The van der Waals surface area contributed by atoms with E-state index in [0.717, 1.165) is 24.2 Å². The molecule has 0 heterocycles. The summed E-state index contributed by atoms with van der Waals surface area (Å²) in [7, 11) is 0. The lowest BCUT2D eigenvalue weighted by molar-refractivity contribution is 0.185. The first-order chi connectivity index (χ1) is 13.3. The lowest BCUT2D eigenvalue weighted by Gasteiger charge is -2.35. The molecule has 0 radical (unpaired) electrons. The number of rotatable bonds is 9. The summed E-state index contributed by atoms with van der Waals surface area (Å²) in [5.41, 5.74) is 4.70. The number of unbranched alkanes of at least 4 members (excludes halogenated alkanes) is 2. The number of hydrogen-bond acceptors (Lipinski definition) is 0. The molecule has 0 bridgehead atoms. The zero-order chi connectivity index (χ0) is 18.9. The molecule has 1 aromatic carbocycles. The summed E-state index contributed by atoms with van der Waals surface area (Å²) < 4.78 is 0. The average molecular weight is 367 g/mol. The van der Waals surface area contributed by atoms with Gasteiger partial charge in [0.2, 0.25) is 0 Å². The molecular formula is C27H42. The van der Waals surface area contributed by atoms with E-state index in [1.807, 2.05) is 0 Å². The van der Waals surface area contributed by atoms with Crippen molar-refractivity contribution >= 4 is 0 Å². The second-order valence-corrected chi connectivity index (χ2v) is 9.34. The van der Waals surface area contributed by atoms with Gasteiger partial charge < -0.3 is 0 Å². The van der Waals surface area contributed by atoms with E-state index in [1.54, 1.807) is 5.57 Å². The van der Waals surface area contributed by atoms with E-state index in [0.29, 0.717) is 0 Å². The Morgan fingerprint density at radius 3 is 2.15 bits per heavy atom. The summed E-state index contributed by atoms with van der Waals surface area (Å²) in [5, 5.41) is 0. The van der Waals surface area contributed by atoms with Crippen molar-refractivity contribution in [1.29, 1.82) is 0 Å². The molecule has 27 heavy (non-hydrogen) atoms. The van der Waals surface area contributed by atoms with E-state index >= 15 is 0 Å². The topological polar surface area (TPSA) is 0 Å². The van der Waals surface area contributed by atoms with E-state index in [1.165, 1.54) is 94.6 Å². The zero-order valence-electron chi connectivity index (χ0n) is 18.0. The Bertz CT molecular complexity index is 556. The molecule has 0 spiro atoms. The minimum absolute atomic E-state index is 0.995. The summed E-state index contributed by atoms with van der Waals surface area (Å²) in [6.45, 7) is 4.56. The van der Waals surface area contributed by atoms with Gasteiger partial charge in [-0.1, -0.05) is 88.3 Å². The fraction of sp³-hybridized carbons (Fsp3) is 0.704. The Morgan fingerprint density at radius 1 is 0.778 bits per heavy atom. The minimum Gasteiger partial charge on any atom is -0.0850 e. The van der Waals surface area contributed by atoms with Crippen LogP contribution < -0.4 is 0 Å². The lowest BCUT2D eigenvalue weighted by Crippen LogP contribution is -2.23. The van der Waals surface area contributed by atoms with Crippen LogP contribution in [0.4, 0.5) is 0 Å². The van der Waals surface area contributed by atoms with Crippen molar-refractivity contribution in [3.63, 3.8) is 0 Å². The highest BCUT2D eigenvalue weighted by Gasteiger charge is 2.28. The van der Waals surface area contributed by atoms with Crippen LogP contribution in [0.3, 0.4) is 0 Å². The standard InChI is InChI=1S/C27H42/c1-3-5-6-7-23-14-18-26(19-15-23)27-20-16-25(17-21-27)13-12-24-10-8-22(4-2)9-11-24/h8-11,16,23,26-27H,3-7,12-15,17-21H2,1-2H3. The molecule has 2 aliphatic carbocycles. The summed E-state index contributed by atoms with van der Waals surface area (Å²) in [6.07, 6.45) is 22.4. The van der Waals surface area contributed by atoms with Gasteiger partial charge in [0.05, 0.1) is 0 Å². The van der Waals surface area contributed by atoms with Gasteiger partial charge in [-0.05, 0) is 80.2 Å². The van der Waals surface area contributed by atoms with Gasteiger partial charge in [0, 0.05) is 0 Å². The maximum absolute atomic E-state index is 2.63. The van der Waals surface area contributed by atoms with Crippen LogP contribution in [0.2, 0.25) is 0 Å². The molecule has 1 saturated carbocycles. The van der Waals surface area contributed by atoms with Crippen molar-refractivity contribution in [2.75, 3.05) is 0 Å². The maximum Gasteiger partial charge on any atom is -0.0241 e. The van der Waals surface area contributed by atoms with Crippen LogP contribution in [0.25, 0.3) is 0 Å². The molecule has 1 aromatic rings. The van der Waals surface area contributed by atoms with E-state index in [9.17, 15) is 0 Å². The highest BCUT2D eigenvalue weighted by Crippen LogP contribution is 2.41. The summed E-state index contributed by atoms with van der Waals surface area (Å²) in [5.74, 6) is 3.09. The van der Waals surface area contributed by atoms with Gasteiger partial charge in [-0.2, -0.15) is 0 Å². The molecule has 0 heteroatoms. The Morgan fingerprint density at radius 2 is 1.52 bits per heavy atom. The summed E-state index contributed by atoms with van der Waals surface area (Å²) in [4.78, 5) is 0. The minimum atomic E-state index is 0.995. The molecule has 0 nitrogen and oxygen atoms in total. The molecule has 0 aromatic heterocycles. The molecule has 2 aliphatic rings. The van der Waals surface area contributed by atoms with E-state index in [4.69, 9.17) is 0 Å². The normalized spacial score (nSPS) is 26.0. The predicted molar refractivity (Wildman–Crippen MR) is 119 cm³/mol. The Labute approximate surface area is 168 Å². The van der Waals surface area contributed by atoms with Gasteiger partial charge in [-0.15, -0.1) is 0 Å². The largest absolute Gasteiger partial charge is 0.0850 e. The average Bonchev–Trinajstić information content (AvgIpc) is 2.74. The van der Waals surface area contributed by atoms with Crippen molar-refractivity contribution in [2.24, 2.45) is 17.8 Å². The molecule has 150 valence electrons. The number of aryl methyl sites for hydroxylation is 2. The predicted octanol–water partition coefficient (Wildman–Crippen LogP) is 8.29. The number of benzene rings is 1. The van der Waals surface area contributed by atoms with Crippen molar-refractivity contribution in [3.05, 3.63) is 47.0 Å². The fourth-order valence-corrected chi connectivity index (χ4v) is 5.44. The Kier molecular flexibility index (Phi) is 8.49. The molecule has 0 amide bonds. The molecule has 3 rings (SSSR count). The molecule has 0 aliphatic heterocycles. The van der Waals surface area contributed by atoms with Gasteiger partial charge in [-0.3, -0.25) is 0 Å². The first-order valence-corrected chi connectivity index (χ1v) is 12.0. The fourth-order valence-electron chi connectivity index (χ4n) is 5.44. The van der Waals surface area contributed by atoms with Crippen molar-refractivity contribution in [2.45, 2.75) is 104 Å². The first-order valence-electron chi connectivity index (χ1n) is 12.0. The quantitative estimate of drug-likeness (QED) is 0.304. The van der Waals surface area contributed by atoms with Crippen molar-refractivity contribution in [1.82, 2.24) is 0 Å². The first kappa shape index (κ1) is 20.7. The number of hydrogen-bond donors (Lipinski definition) is 0. The third kappa shape index (κ3) is 6.51. The SMILES string of the molecule is CCCCCC1CCC(C2CC=C(CCc3ccc(CC)cc3)CC2)CC1. The van der Waals surface area contributed by atoms with Gasteiger partial charge >= 0.3 is 0 Å². The van der Waals surface area contributed by atoms with Crippen LogP contribution in [-0.2, 0) is 12.8 Å². The van der Waals surface area contributed by atoms with E-state index in [2.05, 4.69) is 44.2 Å². The lowest BCUT2D eigenvalue weighted by atomic mass is 9.70. The second kappa shape index (κ2) is 11.1. The molecular weight excluding hydrogens is 324 g/mol. The third-order valence-corrected chi connectivity index (χ3v) is 7.49. The summed E-state index contributed by atoms with van der Waals surface area (Å²) in [6, 6.07) is 9.28. The van der Waals surface area contributed by atoms with Crippen LogP contribution >= 0.6 is 0 Å². The maximum atomic E-state index is 2.63. The monoisotopic (exact) mass is 366 g/mol. The highest BCUT2D eigenvalue weighted by atomic mass is 14.3. The molecule has 1 unspecified atom stereocenters. The number of allylic oxidation sites excluding steroid dienone is 2. The molecule has 1 fully saturated rings. The van der Waals surface area contributed by atoms with Crippen LogP contribution in [0.15, 0.2) is 35.9 Å². The van der Waals surface area contributed by atoms with Gasteiger partial charge in [0.25, 0.3) is 0 Å². The van der Waals surface area contributed by atoms with Crippen LogP contribution in [0.1, 0.15) is 102 Å². The molecule has 1 atom stereocenters. The van der Waals surface area contributed by atoms with Crippen LogP contribution in [-0.4, -0.2) is 0 Å². The van der Waals surface area contributed by atoms with Crippen LogP contribution in [0.5, 0.6) is 0 Å². The Hall–Kier alpha value is -1.04. The highest BCUT2D eigenvalue weighted by molar-refractivity contribution is 5.23. The molecule has 0 saturated heterocycles. The van der Waals surface area contributed by atoms with Gasteiger partial charge in [0.15, 0.2) is 0 Å². The second-order valence-electron chi connectivity index (χ2n) is 9.34. The smallest absolute Gasteiger partial charge is 0.0241 e. The van der Waals surface area contributed by atoms with Crippen molar-refractivity contribution < 1.29 is 0 Å². The Balaban J connectivity index is 1.37. The van der Waals surface area contributed by atoms with Crippen LogP contribution in [0, 0.1) is 17.8 Å². The third-order valence-electron chi connectivity index (χ3n) is 7.49. The summed E-state index contributed by atoms with van der Waals surface area (Å²) >= 11 is 0. The molecule has 0 N–H and O–H groups in total. The van der Waals surface area contributed by atoms with Gasteiger partial charge in [0.1, 0.15) is 0 Å². The zero-order valence-corrected chi connectivity index (χ0v) is 18.0. The van der Waals surface area contributed by atoms with E-state index < -0.39 is 0 Å². The van der Waals surface area contributed by atoms with Gasteiger partial charge in [-0.25, -0.2) is 0 Å². The van der Waals surface area contributed by atoms with E-state index in [-0.39, 0.29) is 0 Å².